The molecule has 1 atom stereocenters. The fourth-order valence-electron chi connectivity index (χ4n) is 2.81. The molecule has 5 heteroatoms. The number of aromatic nitrogens is 2. The van der Waals surface area contributed by atoms with Crippen LogP contribution in [-0.4, -0.2) is 40.0 Å². The molecule has 0 N–H and O–H groups in total. The van der Waals surface area contributed by atoms with Gasteiger partial charge in [-0.05, 0) is 38.2 Å². The average Bonchev–Trinajstić information content (AvgIpc) is 2.82. The molecular weight excluding hydrogens is 305 g/mol. The maximum Gasteiger partial charge on any atom is 0.111 e. The summed E-state index contributed by atoms with van der Waals surface area (Å²) < 4.78 is 2.31. The van der Waals surface area contributed by atoms with Crippen LogP contribution in [0.4, 0.5) is 0 Å². The number of halogens is 2. The highest BCUT2D eigenvalue weighted by molar-refractivity contribution is 6.31. The zero-order valence-electron chi connectivity index (χ0n) is 12.9. The van der Waals surface area contributed by atoms with E-state index in [9.17, 15) is 0 Å². The second-order valence-electron chi connectivity index (χ2n) is 5.30. The van der Waals surface area contributed by atoms with Gasteiger partial charge in [-0.15, -0.1) is 11.6 Å². The third-order valence-corrected chi connectivity index (χ3v) is 4.32. The van der Waals surface area contributed by atoms with E-state index in [-0.39, 0.29) is 0 Å². The maximum atomic E-state index is 6.08. The Labute approximate surface area is 136 Å². The molecular formula is C16H23Cl2N3. The Morgan fingerprint density at radius 1 is 1.29 bits per heavy atom. The number of imidazole rings is 1. The lowest BCUT2D eigenvalue weighted by Crippen LogP contribution is -2.30. The van der Waals surface area contributed by atoms with Crippen LogP contribution in [0.3, 0.4) is 0 Å². The summed E-state index contributed by atoms with van der Waals surface area (Å²) in [7, 11) is 0. The predicted molar refractivity (Wildman–Crippen MR) is 91.7 cm³/mol. The molecule has 0 radical (unpaired) electrons. The summed E-state index contributed by atoms with van der Waals surface area (Å²) in [5, 5.41) is 0.723. The first-order valence-corrected chi connectivity index (χ1v) is 8.46. The monoisotopic (exact) mass is 327 g/mol. The number of aryl methyl sites for hydroxylation is 1. The van der Waals surface area contributed by atoms with Gasteiger partial charge in [0.05, 0.1) is 11.0 Å². The number of hydrogen-bond acceptors (Lipinski definition) is 2. The first kappa shape index (κ1) is 16.6. The van der Waals surface area contributed by atoms with E-state index < -0.39 is 0 Å². The van der Waals surface area contributed by atoms with Gasteiger partial charge >= 0.3 is 0 Å². The highest BCUT2D eigenvalue weighted by Gasteiger charge is 2.17. The molecule has 0 bridgehead atoms. The minimum absolute atomic E-state index is 0.356. The molecule has 0 saturated carbocycles. The normalized spacial score (nSPS) is 13.2. The molecule has 0 spiro atoms. The number of alkyl halides is 1. The molecule has 0 amide bonds. The number of benzene rings is 1. The number of hydrogen-bond donors (Lipinski definition) is 0. The quantitative estimate of drug-likeness (QED) is 0.704. The Morgan fingerprint density at radius 3 is 2.62 bits per heavy atom. The number of nitrogens with zero attached hydrogens (tertiary/aromatic N) is 3. The van der Waals surface area contributed by atoms with E-state index in [2.05, 4.69) is 36.3 Å². The van der Waals surface area contributed by atoms with Crippen molar-refractivity contribution in [2.24, 2.45) is 0 Å². The second-order valence-corrected chi connectivity index (χ2v) is 6.12. The Bertz CT molecular complexity index is 590. The van der Waals surface area contributed by atoms with E-state index in [0.29, 0.717) is 11.9 Å². The fourth-order valence-corrected chi connectivity index (χ4v) is 3.15. The van der Waals surface area contributed by atoms with Crippen LogP contribution < -0.4 is 0 Å². The Kier molecular flexibility index (Phi) is 5.91. The fraction of sp³-hybridized carbons (Fsp3) is 0.562. The molecule has 1 aromatic heterocycles. The Morgan fingerprint density at radius 2 is 2.00 bits per heavy atom. The summed E-state index contributed by atoms with van der Waals surface area (Å²) in [6.45, 7) is 9.76. The van der Waals surface area contributed by atoms with Crippen molar-refractivity contribution >= 4 is 34.2 Å². The summed E-state index contributed by atoms with van der Waals surface area (Å²) in [6.07, 6.45) is 0.774. The van der Waals surface area contributed by atoms with Crippen molar-refractivity contribution in [1.29, 1.82) is 0 Å². The third-order valence-electron chi connectivity index (χ3n) is 3.90. The van der Waals surface area contributed by atoms with Crippen LogP contribution in [0.25, 0.3) is 11.0 Å². The van der Waals surface area contributed by atoms with E-state index in [1.165, 1.54) is 0 Å². The lowest BCUT2D eigenvalue weighted by molar-refractivity contribution is 0.261. The zero-order chi connectivity index (χ0) is 15.4. The smallest absolute Gasteiger partial charge is 0.111 e. The van der Waals surface area contributed by atoms with Crippen LogP contribution in [-0.2, 0) is 6.42 Å². The van der Waals surface area contributed by atoms with Crippen LogP contribution in [0.15, 0.2) is 18.2 Å². The lowest BCUT2D eigenvalue weighted by Gasteiger charge is -2.25. The SMILES string of the molecule is CCN(CC)CC(C)n1c(CCCl)nc2cc(Cl)ccc21. The summed E-state index contributed by atoms with van der Waals surface area (Å²) >= 11 is 12.0. The van der Waals surface area contributed by atoms with E-state index in [1.54, 1.807) is 0 Å². The van der Waals surface area contributed by atoms with Crippen LogP contribution in [0.2, 0.25) is 5.02 Å². The van der Waals surface area contributed by atoms with Crippen LogP contribution >= 0.6 is 23.2 Å². The molecule has 0 aliphatic heterocycles. The van der Waals surface area contributed by atoms with E-state index in [4.69, 9.17) is 28.2 Å². The van der Waals surface area contributed by atoms with Gasteiger partial charge in [0.25, 0.3) is 0 Å². The first-order valence-electron chi connectivity index (χ1n) is 7.55. The van der Waals surface area contributed by atoms with Gasteiger partial charge in [-0.25, -0.2) is 4.98 Å². The van der Waals surface area contributed by atoms with Gasteiger partial charge in [0.2, 0.25) is 0 Å². The van der Waals surface area contributed by atoms with Crippen molar-refractivity contribution in [3.63, 3.8) is 0 Å². The predicted octanol–water partition coefficient (Wildman–Crippen LogP) is 4.37. The molecule has 21 heavy (non-hydrogen) atoms. The molecule has 1 heterocycles. The number of likely N-dealkylation sites (N-methyl/N-ethyl adjacent to an activating group) is 1. The summed E-state index contributed by atoms with van der Waals surface area (Å²) in [4.78, 5) is 7.15. The van der Waals surface area contributed by atoms with Gasteiger partial charge in [-0.1, -0.05) is 25.4 Å². The van der Waals surface area contributed by atoms with Crippen molar-refractivity contribution in [2.45, 2.75) is 33.2 Å². The highest BCUT2D eigenvalue weighted by atomic mass is 35.5. The molecule has 3 nitrogen and oxygen atoms in total. The molecule has 0 aliphatic carbocycles. The van der Waals surface area contributed by atoms with E-state index >= 15 is 0 Å². The van der Waals surface area contributed by atoms with Gasteiger partial charge in [-0.2, -0.15) is 0 Å². The van der Waals surface area contributed by atoms with E-state index in [1.807, 2.05) is 12.1 Å². The molecule has 2 aromatic rings. The van der Waals surface area contributed by atoms with Crippen molar-refractivity contribution in [3.8, 4) is 0 Å². The topological polar surface area (TPSA) is 21.1 Å². The van der Waals surface area contributed by atoms with Crippen LogP contribution in [0, 0.1) is 0 Å². The minimum atomic E-state index is 0.356. The average molecular weight is 328 g/mol. The zero-order valence-corrected chi connectivity index (χ0v) is 14.5. The van der Waals surface area contributed by atoms with Gasteiger partial charge in [-0.3, -0.25) is 0 Å². The largest absolute Gasteiger partial charge is 0.324 e. The molecule has 1 unspecified atom stereocenters. The lowest BCUT2D eigenvalue weighted by atomic mass is 10.2. The van der Waals surface area contributed by atoms with Crippen LogP contribution in [0.1, 0.15) is 32.6 Å². The summed E-state index contributed by atoms with van der Waals surface area (Å²) in [5.74, 6) is 1.62. The standard InChI is InChI=1S/C16H23Cl2N3/c1-4-20(5-2)11-12(3)21-15-7-6-13(18)10-14(15)19-16(21)8-9-17/h6-7,10,12H,4-5,8-9,11H2,1-3H3. The first-order chi connectivity index (χ1) is 10.1. The summed E-state index contributed by atoms with van der Waals surface area (Å²) in [6, 6.07) is 6.27. The Balaban J connectivity index is 2.41. The second kappa shape index (κ2) is 7.48. The molecule has 2 rings (SSSR count). The molecule has 0 aliphatic rings. The molecule has 0 fully saturated rings. The molecule has 0 saturated heterocycles. The minimum Gasteiger partial charge on any atom is -0.324 e. The molecule has 116 valence electrons. The maximum absolute atomic E-state index is 6.08. The number of rotatable bonds is 7. The van der Waals surface area contributed by atoms with Gasteiger partial charge < -0.3 is 9.47 Å². The third kappa shape index (κ3) is 3.71. The van der Waals surface area contributed by atoms with Gasteiger partial charge in [0.15, 0.2) is 0 Å². The van der Waals surface area contributed by atoms with Crippen molar-refractivity contribution in [3.05, 3.63) is 29.0 Å². The van der Waals surface area contributed by atoms with Crippen molar-refractivity contribution in [1.82, 2.24) is 14.5 Å². The van der Waals surface area contributed by atoms with Crippen LogP contribution in [0.5, 0.6) is 0 Å². The van der Waals surface area contributed by atoms with Gasteiger partial charge in [0.1, 0.15) is 5.82 Å². The summed E-state index contributed by atoms with van der Waals surface area (Å²) in [5.41, 5.74) is 2.09. The van der Waals surface area contributed by atoms with Crippen molar-refractivity contribution in [2.75, 3.05) is 25.5 Å². The van der Waals surface area contributed by atoms with Gasteiger partial charge in [0, 0.05) is 29.9 Å². The highest BCUT2D eigenvalue weighted by Crippen LogP contribution is 2.25. The van der Waals surface area contributed by atoms with E-state index in [0.717, 1.165) is 47.9 Å². The number of fused-ring (bicyclic) bond motifs is 1. The molecule has 1 aromatic carbocycles. The van der Waals surface area contributed by atoms with Crippen molar-refractivity contribution < 1.29 is 0 Å². The Hall–Kier alpha value is -0.770.